The van der Waals surface area contributed by atoms with E-state index in [1.54, 1.807) is 16.0 Å². The number of thiazole rings is 1. The number of amides is 1. The number of nitrogens with one attached hydrogen (secondary N) is 1. The summed E-state index contributed by atoms with van der Waals surface area (Å²) in [5.74, 6) is -0.105. The summed E-state index contributed by atoms with van der Waals surface area (Å²) in [5, 5.41) is 11.3. The van der Waals surface area contributed by atoms with Gasteiger partial charge in [0.1, 0.15) is 0 Å². The molecule has 3 aromatic rings. The zero-order chi connectivity index (χ0) is 16.6. The Balaban J connectivity index is 1.75. The van der Waals surface area contributed by atoms with Crippen molar-refractivity contribution in [2.45, 2.75) is 27.2 Å². The normalized spacial score (nSPS) is 11.1. The van der Waals surface area contributed by atoms with Gasteiger partial charge in [0.05, 0.1) is 27.7 Å². The van der Waals surface area contributed by atoms with Gasteiger partial charge in [-0.25, -0.2) is 9.97 Å². The van der Waals surface area contributed by atoms with Crippen molar-refractivity contribution in [2.75, 3.05) is 6.54 Å². The molecule has 1 amide bonds. The summed E-state index contributed by atoms with van der Waals surface area (Å²) >= 11 is 1.62. The lowest BCUT2D eigenvalue weighted by Crippen LogP contribution is -2.26. The number of nitrogens with zero attached hydrogens (tertiary/aromatic N) is 4. The molecule has 0 aliphatic rings. The second-order valence-corrected chi connectivity index (χ2v) is 6.63. The van der Waals surface area contributed by atoms with Gasteiger partial charge in [-0.15, -0.1) is 11.3 Å². The van der Waals surface area contributed by atoms with E-state index in [1.165, 1.54) is 0 Å². The minimum atomic E-state index is -0.105. The fraction of sp³-hybridized carbons (Fsp3) is 0.375. The van der Waals surface area contributed by atoms with E-state index >= 15 is 0 Å². The van der Waals surface area contributed by atoms with Gasteiger partial charge in [-0.3, -0.25) is 9.48 Å². The molecule has 3 aromatic heterocycles. The highest BCUT2D eigenvalue weighted by Gasteiger charge is 2.15. The zero-order valence-electron chi connectivity index (χ0n) is 13.7. The van der Waals surface area contributed by atoms with E-state index in [1.807, 2.05) is 39.3 Å². The molecular weight excluding hydrogens is 310 g/mol. The van der Waals surface area contributed by atoms with Gasteiger partial charge >= 0.3 is 0 Å². The lowest BCUT2D eigenvalue weighted by molar-refractivity contribution is 0.0953. The highest BCUT2D eigenvalue weighted by atomic mass is 32.1. The Morgan fingerprint density at radius 2 is 2.04 bits per heavy atom. The Hall–Kier alpha value is -2.28. The average molecular weight is 329 g/mol. The SMILES string of the molecule is Cc1nc(CCNC(=O)c2cc3c(C)nn(C)c3nc2C)cs1. The van der Waals surface area contributed by atoms with E-state index in [-0.39, 0.29) is 5.91 Å². The van der Waals surface area contributed by atoms with Gasteiger partial charge in [-0.05, 0) is 26.8 Å². The van der Waals surface area contributed by atoms with Crippen LogP contribution in [0, 0.1) is 20.8 Å². The monoisotopic (exact) mass is 329 g/mol. The molecular formula is C16H19N5OS. The summed E-state index contributed by atoms with van der Waals surface area (Å²) in [5.41, 5.74) is 4.00. The Labute approximate surface area is 138 Å². The summed E-state index contributed by atoms with van der Waals surface area (Å²) in [6.45, 7) is 6.31. The molecule has 0 saturated heterocycles. The molecule has 7 heteroatoms. The summed E-state index contributed by atoms with van der Waals surface area (Å²) in [6.07, 6.45) is 0.733. The minimum Gasteiger partial charge on any atom is -0.352 e. The van der Waals surface area contributed by atoms with Crippen molar-refractivity contribution in [3.63, 3.8) is 0 Å². The second-order valence-electron chi connectivity index (χ2n) is 5.57. The van der Waals surface area contributed by atoms with Crippen LogP contribution in [0.25, 0.3) is 11.0 Å². The summed E-state index contributed by atoms with van der Waals surface area (Å²) < 4.78 is 1.74. The smallest absolute Gasteiger partial charge is 0.253 e. The number of carbonyl (C=O) groups is 1. The predicted octanol–water partition coefficient (Wildman–Crippen LogP) is 2.32. The number of rotatable bonds is 4. The Morgan fingerprint density at radius 1 is 1.26 bits per heavy atom. The quantitative estimate of drug-likeness (QED) is 0.797. The molecule has 0 spiro atoms. The predicted molar refractivity (Wildman–Crippen MR) is 90.9 cm³/mol. The fourth-order valence-electron chi connectivity index (χ4n) is 2.58. The van der Waals surface area contributed by atoms with Gasteiger partial charge < -0.3 is 5.32 Å². The molecule has 120 valence electrons. The highest BCUT2D eigenvalue weighted by molar-refractivity contribution is 7.09. The lowest BCUT2D eigenvalue weighted by atomic mass is 10.1. The number of hydrogen-bond donors (Lipinski definition) is 1. The third-order valence-electron chi connectivity index (χ3n) is 3.77. The number of carbonyl (C=O) groups excluding carboxylic acids is 1. The topological polar surface area (TPSA) is 72.7 Å². The molecule has 0 bridgehead atoms. The van der Waals surface area contributed by atoms with Crippen LogP contribution in [-0.4, -0.2) is 32.2 Å². The molecule has 0 unspecified atom stereocenters. The van der Waals surface area contributed by atoms with Crippen LogP contribution in [0.15, 0.2) is 11.4 Å². The van der Waals surface area contributed by atoms with Crippen LogP contribution in [0.4, 0.5) is 0 Å². The van der Waals surface area contributed by atoms with Gasteiger partial charge in [0.15, 0.2) is 5.65 Å². The maximum Gasteiger partial charge on any atom is 0.253 e. The largest absolute Gasteiger partial charge is 0.352 e. The van der Waals surface area contributed by atoms with Crippen molar-refractivity contribution in [3.8, 4) is 0 Å². The Bertz CT molecular complexity index is 880. The summed E-state index contributed by atoms with van der Waals surface area (Å²) in [7, 11) is 1.86. The van der Waals surface area contributed by atoms with E-state index in [2.05, 4.69) is 20.4 Å². The molecule has 0 fully saturated rings. The molecule has 23 heavy (non-hydrogen) atoms. The molecule has 6 nitrogen and oxygen atoms in total. The first-order valence-electron chi connectivity index (χ1n) is 7.46. The molecule has 0 aliphatic heterocycles. The zero-order valence-corrected chi connectivity index (χ0v) is 14.5. The van der Waals surface area contributed by atoms with Crippen LogP contribution in [0.1, 0.15) is 32.4 Å². The van der Waals surface area contributed by atoms with Crippen molar-refractivity contribution in [3.05, 3.63) is 39.1 Å². The average Bonchev–Trinajstić information content (AvgIpc) is 3.02. The minimum absolute atomic E-state index is 0.105. The van der Waals surface area contributed by atoms with Crippen LogP contribution in [0.2, 0.25) is 0 Å². The van der Waals surface area contributed by atoms with Crippen molar-refractivity contribution in [1.29, 1.82) is 0 Å². The van der Waals surface area contributed by atoms with Gasteiger partial charge in [0, 0.05) is 30.8 Å². The molecule has 3 rings (SSSR count). The molecule has 0 aromatic carbocycles. The maximum atomic E-state index is 12.4. The van der Waals surface area contributed by atoms with E-state index in [0.29, 0.717) is 17.8 Å². The van der Waals surface area contributed by atoms with Gasteiger partial charge in [0.25, 0.3) is 5.91 Å². The first-order valence-corrected chi connectivity index (χ1v) is 8.34. The lowest BCUT2D eigenvalue weighted by Gasteiger charge is -2.07. The van der Waals surface area contributed by atoms with Crippen molar-refractivity contribution in [1.82, 2.24) is 25.1 Å². The Morgan fingerprint density at radius 3 is 2.74 bits per heavy atom. The maximum absolute atomic E-state index is 12.4. The van der Waals surface area contributed by atoms with Crippen molar-refractivity contribution < 1.29 is 4.79 Å². The van der Waals surface area contributed by atoms with Gasteiger partial charge in [-0.1, -0.05) is 0 Å². The molecule has 0 aliphatic carbocycles. The number of pyridine rings is 1. The molecule has 0 atom stereocenters. The van der Waals surface area contributed by atoms with Crippen LogP contribution in [0.3, 0.4) is 0 Å². The fourth-order valence-corrected chi connectivity index (χ4v) is 3.23. The van der Waals surface area contributed by atoms with Crippen molar-refractivity contribution >= 4 is 28.3 Å². The third kappa shape index (κ3) is 3.10. The Kier molecular flexibility index (Phi) is 4.12. The standard InChI is InChI=1S/C16H19N5OS/c1-9-14(7-13-10(2)20-21(4)15(13)18-9)16(22)17-6-5-12-8-23-11(3)19-12/h7-8H,5-6H2,1-4H3,(H,17,22). The van der Waals surface area contributed by atoms with Crippen LogP contribution in [-0.2, 0) is 13.5 Å². The van der Waals surface area contributed by atoms with Gasteiger partial charge in [0.2, 0.25) is 0 Å². The first-order chi connectivity index (χ1) is 11.0. The number of hydrogen-bond acceptors (Lipinski definition) is 5. The number of fused-ring (bicyclic) bond motifs is 1. The van der Waals surface area contributed by atoms with Crippen LogP contribution in [0.5, 0.6) is 0 Å². The molecule has 3 heterocycles. The first kappa shape index (κ1) is 15.6. The van der Waals surface area contributed by atoms with Crippen LogP contribution >= 0.6 is 11.3 Å². The number of aromatic nitrogens is 4. The number of aryl methyl sites for hydroxylation is 4. The molecule has 0 radical (unpaired) electrons. The van der Waals surface area contributed by atoms with E-state index in [0.717, 1.165) is 33.8 Å². The van der Waals surface area contributed by atoms with E-state index < -0.39 is 0 Å². The molecule has 0 saturated carbocycles. The van der Waals surface area contributed by atoms with Crippen molar-refractivity contribution in [2.24, 2.45) is 7.05 Å². The third-order valence-corrected chi connectivity index (χ3v) is 4.59. The highest BCUT2D eigenvalue weighted by Crippen LogP contribution is 2.19. The molecule has 1 N–H and O–H groups in total. The second kappa shape index (κ2) is 6.08. The van der Waals surface area contributed by atoms with E-state index in [4.69, 9.17) is 0 Å². The summed E-state index contributed by atoms with van der Waals surface area (Å²) in [4.78, 5) is 21.3. The van der Waals surface area contributed by atoms with E-state index in [9.17, 15) is 4.79 Å². The van der Waals surface area contributed by atoms with Gasteiger partial charge in [-0.2, -0.15) is 5.10 Å². The summed E-state index contributed by atoms with van der Waals surface area (Å²) in [6, 6.07) is 1.88. The van der Waals surface area contributed by atoms with Crippen LogP contribution < -0.4 is 5.32 Å².